The molecular weight excluding hydrogens is 355 g/mol. The molecule has 24 heavy (non-hydrogen) atoms. The van der Waals surface area contributed by atoms with Crippen LogP contribution in [0.15, 0.2) is 12.1 Å². The normalized spacial score (nSPS) is 19.8. The van der Waals surface area contributed by atoms with Gasteiger partial charge in [0.1, 0.15) is 5.75 Å². The van der Waals surface area contributed by atoms with Gasteiger partial charge in [0, 0.05) is 30.8 Å². The Hall–Kier alpha value is -1.05. The zero-order chi connectivity index (χ0) is 18.0. The molecule has 1 aliphatic rings. The number of rotatable bonds is 4. The van der Waals surface area contributed by atoms with E-state index in [-0.39, 0.29) is 16.7 Å². The first-order valence-electron chi connectivity index (χ1n) is 7.80. The molecule has 5 N–H and O–H groups in total. The second-order valence-electron chi connectivity index (χ2n) is 6.20. The number of piperidine rings is 1. The van der Waals surface area contributed by atoms with Crippen molar-refractivity contribution in [2.75, 3.05) is 13.1 Å². The van der Waals surface area contributed by atoms with Crippen LogP contribution in [0, 0.1) is 5.92 Å². The molecular formula is C16H22Cl2N2O4. The summed E-state index contributed by atoms with van der Waals surface area (Å²) in [6.45, 7) is 2.24. The number of carbonyl (C=O) groups is 1. The van der Waals surface area contributed by atoms with Gasteiger partial charge in [0.2, 0.25) is 0 Å². The number of halogens is 2. The van der Waals surface area contributed by atoms with Crippen LogP contribution in [0.3, 0.4) is 0 Å². The van der Waals surface area contributed by atoms with Crippen molar-refractivity contribution < 1.29 is 20.1 Å². The summed E-state index contributed by atoms with van der Waals surface area (Å²) in [6, 6.07) is 2.51. The van der Waals surface area contributed by atoms with Gasteiger partial charge in [-0.05, 0) is 31.7 Å². The number of aliphatic hydroxyl groups excluding tert-OH is 2. The lowest BCUT2D eigenvalue weighted by atomic mass is 9.85. The van der Waals surface area contributed by atoms with Gasteiger partial charge in [0.25, 0.3) is 5.91 Å². The van der Waals surface area contributed by atoms with Crippen molar-refractivity contribution in [1.29, 1.82) is 0 Å². The molecule has 6 nitrogen and oxygen atoms in total. The largest absolute Gasteiger partial charge is 0.508 e. The molecule has 1 aliphatic heterocycles. The van der Waals surface area contributed by atoms with E-state index in [1.54, 1.807) is 6.07 Å². The highest BCUT2D eigenvalue weighted by atomic mass is 35.5. The van der Waals surface area contributed by atoms with Crippen LogP contribution >= 0.6 is 23.2 Å². The van der Waals surface area contributed by atoms with Crippen LogP contribution in [0.4, 0.5) is 0 Å². The van der Waals surface area contributed by atoms with E-state index in [9.17, 15) is 20.1 Å². The maximum Gasteiger partial charge on any atom is 0.254 e. The summed E-state index contributed by atoms with van der Waals surface area (Å²) < 4.78 is 0. The summed E-state index contributed by atoms with van der Waals surface area (Å²) in [7, 11) is 0. The van der Waals surface area contributed by atoms with Gasteiger partial charge >= 0.3 is 0 Å². The fourth-order valence-corrected chi connectivity index (χ4v) is 3.28. The molecule has 0 unspecified atom stereocenters. The molecule has 1 aromatic rings. The van der Waals surface area contributed by atoms with Crippen molar-refractivity contribution in [2.45, 2.75) is 38.0 Å². The van der Waals surface area contributed by atoms with E-state index >= 15 is 0 Å². The van der Waals surface area contributed by atoms with E-state index in [4.69, 9.17) is 28.9 Å². The van der Waals surface area contributed by atoms with Crippen LogP contribution in [-0.2, 0) is 4.79 Å². The zero-order valence-corrected chi connectivity index (χ0v) is 14.8. The highest BCUT2D eigenvalue weighted by Crippen LogP contribution is 2.37. The number of aromatic hydroxyl groups is 1. The molecule has 134 valence electrons. The molecule has 1 fully saturated rings. The maximum absolute atomic E-state index is 12.0. The first-order valence-corrected chi connectivity index (χ1v) is 8.56. The molecule has 1 aromatic carbocycles. The van der Waals surface area contributed by atoms with Gasteiger partial charge in [-0.2, -0.15) is 0 Å². The lowest BCUT2D eigenvalue weighted by molar-refractivity contribution is -0.147. The molecule has 0 radical (unpaired) electrons. The van der Waals surface area contributed by atoms with Gasteiger partial charge in [-0.15, -0.1) is 0 Å². The van der Waals surface area contributed by atoms with Crippen molar-refractivity contribution in [3.8, 4) is 5.75 Å². The molecule has 0 saturated carbocycles. The highest BCUT2D eigenvalue weighted by Gasteiger charge is 2.32. The fourth-order valence-electron chi connectivity index (χ4n) is 2.95. The number of likely N-dealkylation sites (tertiary alicyclic amines) is 1. The third-order valence-electron chi connectivity index (χ3n) is 4.50. The SMILES string of the molecule is C[C@@H](O)[C@H](O)C(=O)N1CCC([C@@H](N)c2cc(Cl)c(Cl)cc2O)CC1. The van der Waals surface area contributed by atoms with E-state index < -0.39 is 24.2 Å². The molecule has 0 spiro atoms. The number of hydrogen-bond donors (Lipinski definition) is 4. The van der Waals surface area contributed by atoms with Gasteiger partial charge in [-0.25, -0.2) is 0 Å². The highest BCUT2D eigenvalue weighted by molar-refractivity contribution is 6.42. The summed E-state index contributed by atoms with van der Waals surface area (Å²) in [6.07, 6.45) is -1.27. The van der Waals surface area contributed by atoms with Crippen LogP contribution < -0.4 is 5.73 Å². The maximum atomic E-state index is 12.0. The first kappa shape index (κ1) is 19.3. The topological polar surface area (TPSA) is 107 Å². The van der Waals surface area contributed by atoms with Crippen LogP contribution in [0.5, 0.6) is 5.75 Å². The zero-order valence-electron chi connectivity index (χ0n) is 13.3. The van der Waals surface area contributed by atoms with Crippen molar-refractivity contribution >= 4 is 29.1 Å². The van der Waals surface area contributed by atoms with E-state index in [2.05, 4.69) is 0 Å². The summed E-state index contributed by atoms with van der Waals surface area (Å²) in [5, 5.41) is 29.6. The Kier molecular flexibility index (Phi) is 6.33. The standard InChI is InChI=1S/C16H22Cl2N2O4/c1-8(21)15(23)16(24)20-4-2-9(3-5-20)14(19)10-6-11(17)12(18)7-13(10)22/h6-9,14-15,21-23H,2-5,19H2,1H3/t8-,14-,15+/m1/s1. The molecule has 1 heterocycles. The monoisotopic (exact) mass is 376 g/mol. The summed E-state index contributed by atoms with van der Waals surface area (Å²) in [5.41, 5.74) is 6.79. The number of nitrogens with two attached hydrogens (primary N) is 1. The predicted octanol–water partition coefficient (Wildman–Crippen LogP) is 1.68. The number of phenolic OH excluding ortho intramolecular Hbond substituents is 1. The minimum Gasteiger partial charge on any atom is -0.508 e. The minimum absolute atomic E-state index is 0.0000616. The molecule has 0 aliphatic carbocycles. The average Bonchev–Trinajstić information content (AvgIpc) is 2.56. The van der Waals surface area contributed by atoms with Crippen molar-refractivity contribution in [3.63, 3.8) is 0 Å². The smallest absolute Gasteiger partial charge is 0.254 e. The number of phenols is 1. The van der Waals surface area contributed by atoms with Gasteiger partial charge in [-0.3, -0.25) is 4.79 Å². The number of amides is 1. The Morgan fingerprint density at radius 2 is 1.79 bits per heavy atom. The molecule has 8 heteroatoms. The Bertz CT molecular complexity index is 604. The lowest BCUT2D eigenvalue weighted by Gasteiger charge is -2.36. The summed E-state index contributed by atoms with van der Waals surface area (Å²) in [4.78, 5) is 13.6. The van der Waals surface area contributed by atoms with Crippen molar-refractivity contribution in [3.05, 3.63) is 27.7 Å². The second kappa shape index (κ2) is 7.89. The Morgan fingerprint density at radius 3 is 2.33 bits per heavy atom. The van der Waals surface area contributed by atoms with Gasteiger partial charge in [-0.1, -0.05) is 23.2 Å². The second-order valence-corrected chi connectivity index (χ2v) is 7.01. The van der Waals surface area contributed by atoms with Gasteiger partial charge in [0.05, 0.1) is 16.1 Å². The Balaban J connectivity index is 2.02. The van der Waals surface area contributed by atoms with E-state index in [1.807, 2.05) is 0 Å². The Labute approximate surface area is 150 Å². The number of hydrogen-bond acceptors (Lipinski definition) is 5. The number of nitrogens with zero attached hydrogens (tertiary/aromatic N) is 1. The van der Waals surface area contributed by atoms with Crippen molar-refractivity contribution in [1.82, 2.24) is 4.90 Å². The Morgan fingerprint density at radius 1 is 1.25 bits per heavy atom. The molecule has 1 amide bonds. The van der Waals surface area contributed by atoms with Crippen LogP contribution in [0.1, 0.15) is 31.4 Å². The fraction of sp³-hybridized carbons (Fsp3) is 0.562. The van der Waals surface area contributed by atoms with Gasteiger partial charge in [0.15, 0.2) is 6.10 Å². The first-order chi connectivity index (χ1) is 11.2. The van der Waals surface area contributed by atoms with Crippen molar-refractivity contribution in [2.24, 2.45) is 11.7 Å². The lowest BCUT2D eigenvalue weighted by Crippen LogP contribution is -2.48. The molecule has 3 atom stereocenters. The number of benzene rings is 1. The predicted molar refractivity (Wildman–Crippen MR) is 92.0 cm³/mol. The molecule has 0 aromatic heterocycles. The van der Waals surface area contributed by atoms with Crippen LogP contribution in [0.25, 0.3) is 0 Å². The third kappa shape index (κ3) is 4.13. The van der Waals surface area contributed by atoms with Crippen LogP contribution in [-0.4, -0.2) is 51.4 Å². The number of aliphatic hydroxyl groups is 2. The van der Waals surface area contributed by atoms with E-state index in [0.29, 0.717) is 36.5 Å². The minimum atomic E-state index is -1.41. The van der Waals surface area contributed by atoms with Gasteiger partial charge < -0.3 is 26.0 Å². The quantitative estimate of drug-likeness (QED) is 0.639. The number of carbonyl (C=O) groups excluding carboxylic acids is 1. The summed E-state index contributed by atoms with van der Waals surface area (Å²) >= 11 is 11.9. The van der Waals surface area contributed by atoms with E-state index in [0.717, 1.165) is 0 Å². The van der Waals surface area contributed by atoms with E-state index in [1.165, 1.54) is 17.9 Å². The third-order valence-corrected chi connectivity index (χ3v) is 5.22. The molecule has 1 saturated heterocycles. The molecule has 0 bridgehead atoms. The average molecular weight is 377 g/mol. The molecule has 2 rings (SSSR count). The van der Waals surface area contributed by atoms with Crippen LogP contribution in [0.2, 0.25) is 10.0 Å². The summed E-state index contributed by atoms with van der Waals surface area (Å²) in [5.74, 6) is -0.421.